The van der Waals surface area contributed by atoms with Crippen LogP contribution >= 0.6 is 0 Å². The van der Waals surface area contributed by atoms with Crippen LogP contribution in [0.1, 0.15) is 41.6 Å². The van der Waals surface area contributed by atoms with Gasteiger partial charge in [-0.05, 0) is 49.9 Å². The second-order valence-electron chi connectivity index (χ2n) is 7.28. The van der Waals surface area contributed by atoms with Crippen LogP contribution in [-0.2, 0) is 9.59 Å². The van der Waals surface area contributed by atoms with Crippen LogP contribution in [0.25, 0.3) is 0 Å². The zero-order chi connectivity index (χ0) is 20.6. The first-order valence-electron chi connectivity index (χ1n) is 10.1. The number of hydrogen-bond acceptors (Lipinski definition) is 3. The number of nitrogens with zero attached hydrogens (tertiary/aromatic N) is 1. The van der Waals surface area contributed by atoms with Crippen molar-refractivity contribution in [1.82, 2.24) is 10.2 Å². The second-order valence-corrected chi connectivity index (χ2v) is 7.28. The van der Waals surface area contributed by atoms with Crippen molar-refractivity contribution in [2.45, 2.75) is 38.6 Å². The Kier molecular flexibility index (Phi) is 7.00. The second kappa shape index (κ2) is 9.87. The molecule has 1 aliphatic heterocycles. The van der Waals surface area contributed by atoms with Gasteiger partial charge in [0.2, 0.25) is 11.8 Å². The number of likely N-dealkylation sites (tertiary alicyclic amines) is 1. The van der Waals surface area contributed by atoms with Crippen molar-refractivity contribution in [1.29, 1.82) is 0 Å². The fourth-order valence-corrected chi connectivity index (χ4v) is 3.54. The smallest absolute Gasteiger partial charge is 0.254 e. The summed E-state index contributed by atoms with van der Waals surface area (Å²) < 4.78 is 0. The van der Waals surface area contributed by atoms with Crippen molar-refractivity contribution in [2.75, 3.05) is 18.4 Å². The molecule has 0 bridgehead atoms. The Labute approximate surface area is 171 Å². The number of para-hydroxylation sites is 1. The number of nitrogens with one attached hydrogen (secondary N) is 2. The van der Waals surface area contributed by atoms with Gasteiger partial charge in [0.25, 0.3) is 5.91 Å². The van der Waals surface area contributed by atoms with Crippen molar-refractivity contribution >= 4 is 23.4 Å². The van der Waals surface area contributed by atoms with E-state index in [0.717, 1.165) is 24.1 Å². The number of hydrogen-bond donors (Lipinski definition) is 2. The predicted molar refractivity (Wildman–Crippen MR) is 113 cm³/mol. The van der Waals surface area contributed by atoms with E-state index in [9.17, 15) is 14.4 Å². The zero-order valence-corrected chi connectivity index (χ0v) is 16.7. The minimum atomic E-state index is -0.490. The van der Waals surface area contributed by atoms with Gasteiger partial charge in [-0.2, -0.15) is 0 Å². The standard InChI is InChI=1S/C23H27N3O3/c1-17-9-5-6-12-19(17)25-21(27)14-15-24-22(28)20-13-7-8-16-26(20)23(29)18-10-3-2-4-11-18/h2-6,9-12,20H,7-8,13-16H2,1H3,(H,24,28)(H,25,27). The molecule has 6 nitrogen and oxygen atoms in total. The number of benzene rings is 2. The number of anilines is 1. The summed E-state index contributed by atoms with van der Waals surface area (Å²) >= 11 is 0. The molecule has 1 aliphatic rings. The predicted octanol–water partition coefficient (Wildman–Crippen LogP) is 3.13. The molecule has 0 radical (unpaired) electrons. The van der Waals surface area contributed by atoms with Crippen molar-refractivity contribution in [3.05, 3.63) is 65.7 Å². The molecule has 3 rings (SSSR count). The number of aryl methyl sites for hydroxylation is 1. The largest absolute Gasteiger partial charge is 0.354 e. The number of carbonyl (C=O) groups excluding carboxylic acids is 3. The average Bonchev–Trinajstić information content (AvgIpc) is 2.75. The number of carbonyl (C=O) groups is 3. The lowest BCUT2D eigenvalue weighted by atomic mass is 10.00. The third-order valence-electron chi connectivity index (χ3n) is 5.16. The molecule has 3 amide bonds. The Morgan fingerprint density at radius 1 is 1.00 bits per heavy atom. The molecule has 1 heterocycles. The number of rotatable bonds is 6. The van der Waals surface area contributed by atoms with Gasteiger partial charge in [0.1, 0.15) is 6.04 Å². The van der Waals surface area contributed by atoms with Crippen molar-refractivity contribution in [3.63, 3.8) is 0 Å². The fourth-order valence-electron chi connectivity index (χ4n) is 3.54. The summed E-state index contributed by atoms with van der Waals surface area (Å²) in [5, 5.41) is 5.68. The van der Waals surface area contributed by atoms with E-state index in [1.165, 1.54) is 0 Å². The van der Waals surface area contributed by atoms with E-state index in [1.54, 1.807) is 17.0 Å². The minimum absolute atomic E-state index is 0.122. The highest BCUT2D eigenvalue weighted by atomic mass is 16.2. The monoisotopic (exact) mass is 393 g/mol. The number of amides is 3. The summed E-state index contributed by atoms with van der Waals surface area (Å²) in [4.78, 5) is 39.3. The van der Waals surface area contributed by atoms with E-state index in [2.05, 4.69) is 10.6 Å². The van der Waals surface area contributed by atoms with Gasteiger partial charge >= 0.3 is 0 Å². The maximum absolute atomic E-state index is 12.8. The molecule has 6 heteroatoms. The summed E-state index contributed by atoms with van der Waals surface area (Å²) in [5.74, 6) is -0.471. The summed E-state index contributed by atoms with van der Waals surface area (Å²) in [6, 6.07) is 16.1. The van der Waals surface area contributed by atoms with Crippen LogP contribution in [-0.4, -0.2) is 41.8 Å². The van der Waals surface area contributed by atoms with Crippen LogP contribution in [0.15, 0.2) is 54.6 Å². The van der Waals surface area contributed by atoms with E-state index in [1.807, 2.05) is 49.4 Å². The minimum Gasteiger partial charge on any atom is -0.354 e. The molecule has 152 valence electrons. The number of piperidine rings is 1. The third kappa shape index (κ3) is 5.44. The van der Waals surface area contributed by atoms with Crippen molar-refractivity contribution in [3.8, 4) is 0 Å². The highest BCUT2D eigenvalue weighted by Gasteiger charge is 2.32. The molecule has 0 saturated carbocycles. The average molecular weight is 393 g/mol. The lowest BCUT2D eigenvalue weighted by molar-refractivity contribution is -0.126. The Morgan fingerprint density at radius 3 is 2.48 bits per heavy atom. The first kappa shape index (κ1) is 20.6. The van der Waals surface area contributed by atoms with Gasteiger partial charge in [-0.25, -0.2) is 0 Å². The summed E-state index contributed by atoms with van der Waals surface area (Å²) in [5.41, 5.74) is 2.35. The molecule has 1 atom stereocenters. The van der Waals surface area contributed by atoms with Crippen LogP contribution in [0.4, 0.5) is 5.69 Å². The molecule has 2 aromatic rings. The molecule has 1 saturated heterocycles. The Hall–Kier alpha value is -3.15. The summed E-state index contributed by atoms with van der Waals surface area (Å²) in [7, 11) is 0. The quantitative estimate of drug-likeness (QED) is 0.791. The maximum atomic E-state index is 12.8. The van der Waals surface area contributed by atoms with Gasteiger partial charge < -0.3 is 15.5 Å². The van der Waals surface area contributed by atoms with Crippen LogP contribution in [0.2, 0.25) is 0 Å². The molecule has 29 heavy (non-hydrogen) atoms. The molecular formula is C23H27N3O3. The van der Waals surface area contributed by atoms with E-state index in [0.29, 0.717) is 18.5 Å². The first-order chi connectivity index (χ1) is 14.1. The van der Waals surface area contributed by atoms with E-state index < -0.39 is 6.04 Å². The van der Waals surface area contributed by atoms with Crippen molar-refractivity contribution < 1.29 is 14.4 Å². The van der Waals surface area contributed by atoms with Crippen LogP contribution in [0.3, 0.4) is 0 Å². The van der Waals surface area contributed by atoms with Gasteiger partial charge in [0.15, 0.2) is 0 Å². The Bertz CT molecular complexity index is 867. The summed E-state index contributed by atoms with van der Waals surface area (Å²) in [6.45, 7) is 2.73. The highest BCUT2D eigenvalue weighted by molar-refractivity contribution is 5.98. The molecular weight excluding hydrogens is 366 g/mol. The molecule has 2 N–H and O–H groups in total. The third-order valence-corrected chi connectivity index (χ3v) is 5.16. The Balaban J connectivity index is 1.52. The van der Waals surface area contributed by atoms with Crippen LogP contribution in [0, 0.1) is 6.92 Å². The Morgan fingerprint density at radius 2 is 1.72 bits per heavy atom. The summed E-state index contributed by atoms with van der Waals surface area (Å²) in [6.07, 6.45) is 2.62. The molecule has 1 fully saturated rings. The fraction of sp³-hybridized carbons (Fsp3) is 0.348. The van der Waals surface area contributed by atoms with Gasteiger partial charge in [-0.15, -0.1) is 0 Å². The molecule has 2 aromatic carbocycles. The molecule has 1 unspecified atom stereocenters. The van der Waals surface area contributed by atoms with Gasteiger partial charge in [0, 0.05) is 30.8 Å². The lowest BCUT2D eigenvalue weighted by Gasteiger charge is -2.34. The van der Waals surface area contributed by atoms with E-state index in [4.69, 9.17) is 0 Å². The molecule has 0 aromatic heterocycles. The van der Waals surface area contributed by atoms with Gasteiger partial charge in [-0.1, -0.05) is 36.4 Å². The van der Waals surface area contributed by atoms with E-state index in [-0.39, 0.29) is 30.7 Å². The maximum Gasteiger partial charge on any atom is 0.254 e. The first-order valence-corrected chi connectivity index (χ1v) is 10.1. The molecule has 0 aliphatic carbocycles. The topological polar surface area (TPSA) is 78.5 Å². The highest BCUT2D eigenvalue weighted by Crippen LogP contribution is 2.20. The van der Waals surface area contributed by atoms with Crippen molar-refractivity contribution in [2.24, 2.45) is 0 Å². The normalized spacial score (nSPS) is 16.2. The van der Waals surface area contributed by atoms with Gasteiger partial charge in [0.05, 0.1) is 0 Å². The van der Waals surface area contributed by atoms with E-state index >= 15 is 0 Å². The van der Waals surface area contributed by atoms with Gasteiger partial charge in [-0.3, -0.25) is 14.4 Å². The molecule has 0 spiro atoms. The van der Waals surface area contributed by atoms with Crippen LogP contribution < -0.4 is 10.6 Å². The lowest BCUT2D eigenvalue weighted by Crippen LogP contribution is -2.52. The zero-order valence-electron chi connectivity index (χ0n) is 16.7. The van der Waals surface area contributed by atoms with Crippen LogP contribution in [0.5, 0.6) is 0 Å². The SMILES string of the molecule is Cc1ccccc1NC(=O)CCNC(=O)C1CCCCN1C(=O)c1ccccc1.